The van der Waals surface area contributed by atoms with Gasteiger partial charge in [0.25, 0.3) is 11.8 Å². The van der Waals surface area contributed by atoms with Crippen LogP contribution >= 0.6 is 0 Å². The van der Waals surface area contributed by atoms with E-state index in [9.17, 15) is 9.59 Å². The quantitative estimate of drug-likeness (QED) is 0.573. The number of rotatable bonds is 6. The lowest BCUT2D eigenvalue weighted by molar-refractivity contribution is 0.0928. The Kier molecular flexibility index (Phi) is 7.08. The predicted molar refractivity (Wildman–Crippen MR) is 133 cm³/mol. The standard InChI is InChI=1S/C28H31N3O2/c1-20-12-14-23(15-13-20)27(32)30-24-16-18-31(19-17-24)26-11-7-6-10-25(26)28(33)29-21(2)22-8-4-3-5-9-22/h3-15,21,24H,16-19H2,1-2H3,(H,29,33)(H,30,32)/t21-/m0/s1. The van der Waals surface area contributed by atoms with E-state index in [2.05, 4.69) is 15.5 Å². The Hall–Kier alpha value is -3.60. The van der Waals surface area contributed by atoms with Gasteiger partial charge in [0, 0.05) is 30.4 Å². The van der Waals surface area contributed by atoms with Gasteiger partial charge in [0.2, 0.25) is 0 Å². The number of nitrogens with one attached hydrogen (secondary N) is 2. The molecule has 0 bridgehead atoms. The highest BCUT2D eigenvalue weighted by molar-refractivity contribution is 6.00. The molecule has 33 heavy (non-hydrogen) atoms. The SMILES string of the molecule is Cc1ccc(C(=O)NC2CCN(c3ccccc3C(=O)N[C@@H](C)c3ccccc3)CC2)cc1. The van der Waals surface area contributed by atoms with E-state index in [1.54, 1.807) is 0 Å². The number of hydrogen-bond acceptors (Lipinski definition) is 3. The Balaban J connectivity index is 1.37. The first-order valence-electron chi connectivity index (χ1n) is 11.6. The number of carbonyl (C=O) groups is 2. The van der Waals surface area contributed by atoms with Crippen molar-refractivity contribution in [3.05, 3.63) is 101 Å². The van der Waals surface area contributed by atoms with Crippen LogP contribution < -0.4 is 15.5 Å². The average Bonchev–Trinajstić information content (AvgIpc) is 2.85. The third-order valence-electron chi connectivity index (χ3n) is 6.28. The van der Waals surface area contributed by atoms with E-state index in [1.807, 2.05) is 92.7 Å². The normalized spacial score (nSPS) is 15.0. The molecule has 0 aliphatic carbocycles. The van der Waals surface area contributed by atoms with Crippen molar-refractivity contribution in [3.8, 4) is 0 Å². The summed E-state index contributed by atoms with van der Waals surface area (Å²) in [5.74, 6) is -0.0973. The minimum atomic E-state index is -0.0746. The first-order chi connectivity index (χ1) is 16.0. The van der Waals surface area contributed by atoms with E-state index < -0.39 is 0 Å². The second kappa shape index (κ2) is 10.3. The molecule has 0 aromatic heterocycles. The van der Waals surface area contributed by atoms with Gasteiger partial charge in [0.1, 0.15) is 0 Å². The topological polar surface area (TPSA) is 61.4 Å². The Labute approximate surface area is 195 Å². The predicted octanol–water partition coefficient (Wildman–Crippen LogP) is 4.88. The monoisotopic (exact) mass is 441 g/mol. The maximum absolute atomic E-state index is 13.1. The minimum Gasteiger partial charge on any atom is -0.371 e. The summed E-state index contributed by atoms with van der Waals surface area (Å²) in [5.41, 5.74) is 4.53. The van der Waals surface area contributed by atoms with Crippen LogP contribution in [0, 0.1) is 6.92 Å². The molecule has 0 saturated carbocycles. The van der Waals surface area contributed by atoms with Crippen LogP contribution in [-0.4, -0.2) is 30.9 Å². The summed E-state index contributed by atoms with van der Waals surface area (Å²) in [7, 11) is 0. The molecule has 1 fully saturated rings. The molecule has 3 aromatic rings. The summed E-state index contributed by atoms with van der Waals surface area (Å²) < 4.78 is 0. The Morgan fingerprint density at radius 1 is 0.848 bits per heavy atom. The van der Waals surface area contributed by atoms with Crippen LogP contribution in [0.1, 0.15) is 57.7 Å². The maximum Gasteiger partial charge on any atom is 0.253 e. The van der Waals surface area contributed by atoms with Crippen molar-refractivity contribution in [1.82, 2.24) is 10.6 Å². The lowest BCUT2D eigenvalue weighted by Crippen LogP contribution is -2.45. The molecule has 0 spiro atoms. The summed E-state index contributed by atoms with van der Waals surface area (Å²) in [6.07, 6.45) is 1.68. The van der Waals surface area contributed by atoms with Crippen molar-refractivity contribution < 1.29 is 9.59 Å². The number of carbonyl (C=O) groups excluding carboxylic acids is 2. The number of aryl methyl sites for hydroxylation is 1. The second-order valence-electron chi connectivity index (χ2n) is 8.72. The molecule has 1 aliphatic heterocycles. The number of anilines is 1. The molecule has 2 N–H and O–H groups in total. The molecule has 2 amide bonds. The van der Waals surface area contributed by atoms with Gasteiger partial charge in [-0.1, -0.05) is 60.2 Å². The number of hydrogen-bond donors (Lipinski definition) is 2. The molecule has 1 atom stereocenters. The van der Waals surface area contributed by atoms with Gasteiger partial charge in [0.15, 0.2) is 0 Å². The Bertz CT molecular complexity index is 1090. The fourth-order valence-electron chi connectivity index (χ4n) is 4.28. The number of benzene rings is 3. The van der Waals surface area contributed by atoms with E-state index >= 15 is 0 Å². The van der Waals surface area contributed by atoms with E-state index in [-0.39, 0.29) is 23.9 Å². The number of piperidine rings is 1. The molecule has 0 unspecified atom stereocenters. The maximum atomic E-state index is 13.1. The zero-order valence-corrected chi connectivity index (χ0v) is 19.3. The van der Waals surface area contributed by atoms with E-state index in [4.69, 9.17) is 0 Å². The van der Waals surface area contributed by atoms with Gasteiger partial charge < -0.3 is 15.5 Å². The lowest BCUT2D eigenvalue weighted by Gasteiger charge is -2.35. The van der Waals surface area contributed by atoms with Crippen molar-refractivity contribution >= 4 is 17.5 Å². The van der Waals surface area contributed by atoms with Crippen molar-refractivity contribution in [3.63, 3.8) is 0 Å². The molecule has 5 heteroatoms. The van der Waals surface area contributed by atoms with Crippen LogP contribution in [0.15, 0.2) is 78.9 Å². The number of para-hydroxylation sites is 1. The third-order valence-corrected chi connectivity index (χ3v) is 6.28. The van der Waals surface area contributed by atoms with Crippen molar-refractivity contribution in [1.29, 1.82) is 0 Å². The second-order valence-corrected chi connectivity index (χ2v) is 8.72. The summed E-state index contributed by atoms with van der Waals surface area (Å²) in [5, 5.41) is 6.29. The van der Waals surface area contributed by atoms with Crippen LogP contribution in [0.2, 0.25) is 0 Å². The van der Waals surface area contributed by atoms with E-state index in [0.717, 1.165) is 42.7 Å². The van der Waals surface area contributed by atoms with E-state index in [0.29, 0.717) is 11.1 Å². The van der Waals surface area contributed by atoms with E-state index in [1.165, 1.54) is 0 Å². The highest BCUT2D eigenvalue weighted by Gasteiger charge is 2.24. The molecular weight excluding hydrogens is 410 g/mol. The van der Waals surface area contributed by atoms with Gasteiger partial charge in [-0.05, 0) is 56.5 Å². The van der Waals surface area contributed by atoms with Crippen LogP contribution in [0.5, 0.6) is 0 Å². The minimum absolute atomic E-state index is 0.0249. The van der Waals surface area contributed by atoms with Gasteiger partial charge in [0.05, 0.1) is 11.6 Å². The molecule has 4 rings (SSSR count). The summed E-state index contributed by atoms with van der Waals surface area (Å²) in [6, 6.07) is 25.4. The molecule has 1 heterocycles. The lowest BCUT2D eigenvalue weighted by atomic mass is 10.0. The van der Waals surface area contributed by atoms with Gasteiger partial charge in [-0.2, -0.15) is 0 Å². The van der Waals surface area contributed by atoms with Crippen LogP contribution in [0.4, 0.5) is 5.69 Å². The fraction of sp³-hybridized carbons (Fsp3) is 0.286. The fourth-order valence-corrected chi connectivity index (χ4v) is 4.28. The Morgan fingerprint density at radius 3 is 2.18 bits per heavy atom. The van der Waals surface area contributed by atoms with Crippen LogP contribution in [-0.2, 0) is 0 Å². The molecule has 1 aliphatic rings. The molecule has 5 nitrogen and oxygen atoms in total. The highest BCUT2D eigenvalue weighted by atomic mass is 16.2. The number of nitrogens with zero attached hydrogens (tertiary/aromatic N) is 1. The number of amides is 2. The zero-order chi connectivity index (χ0) is 23.2. The zero-order valence-electron chi connectivity index (χ0n) is 19.3. The van der Waals surface area contributed by atoms with Crippen molar-refractivity contribution in [2.24, 2.45) is 0 Å². The first-order valence-corrected chi connectivity index (χ1v) is 11.6. The van der Waals surface area contributed by atoms with Gasteiger partial charge in [-0.15, -0.1) is 0 Å². The Morgan fingerprint density at radius 2 is 1.48 bits per heavy atom. The summed E-state index contributed by atoms with van der Waals surface area (Å²) in [4.78, 5) is 27.9. The first kappa shape index (κ1) is 22.6. The largest absolute Gasteiger partial charge is 0.371 e. The molecular formula is C28H31N3O2. The molecule has 170 valence electrons. The third kappa shape index (κ3) is 5.61. The van der Waals surface area contributed by atoms with Gasteiger partial charge >= 0.3 is 0 Å². The summed E-state index contributed by atoms with van der Waals surface area (Å²) >= 11 is 0. The smallest absolute Gasteiger partial charge is 0.253 e. The van der Waals surface area contributed by atoms with Crippen molar-refractivity contribution in [2.75, 3.05) is 18.0 Å². The molecule has 3 aromatic carbocycles. The highest BCUT2D eigenvalue weighted by Crippen LogP contribution is 2.25. The molecule has 0 radical (unpaired) electrons. The van der Waals surface area contributed by atoms with Gasteiger partial charge in [-0.25, -0.2) is 0 Å². The van der Waals surface area contributed by atoms with Crippen LogP contribution in [0.3, 0.4) is 0 Å². The van der Waals surface area contributed by atoms with Crippen LogP contribution in [0.25, 0.3) is 0 Å². The summed E-state index contributed by atoms with van der Waals surface area (Å²) in [6.45, 7) is 5.59. The molecule has 1 saturated heterocycles. The van der Waals surface area contributed by atoms with Crippen molar-refractivity contribution in [2.45, 2.75) is 38.8 Å². The van der Waals surface area contributed by atoms with Gasteiger partial charge in [-0.3, -0.25) is 9.59 Å². The average molecular weight is 442 g/mol.